The summed E-state index contributed by atoms with van der Waals surface area (Å²) in [6.07, 6.45) is 3.82. The fourth-order valence-electron chi connectivity index (χ4n) is 1.16. The summed E-state index contributed by atoms with van der Waals surface area (Å²) in [6, 6.07) is 5.37. The van der Waals surface area contributed by atoms with Crippen molar-refractivity contribution in [2.24, 2.45) is 0 Å². The number of rotatable bonds is 5. The lowest BCUT2D eigenvalue weighted by Crippen LogP contribution is -1.98. The number of methoxy groups -OCH3 is 1. The van der Waals surface area contributed by atoms with Gasteiger partial charge in [-0.05, 0) is 19.1 Å². The van der Waals surface area contributed by atoms with Gasteiger partial charge in [-0.3, -0.25) is 0 Å². The molecule has 0 saturated heterocycles. The Morgan fingerprint density at radius 1 is 1.40 bits per heavy atom. The number of hydrogen-bond donors (Lipinski definition) is 1. The SMILES string of the molecule is C/C=C/COc1cc(OC)ccc1CO. The maximum absolute atomic E-state index is 9.10. The summed E-state index contributed by atoms with van der Waals surface area (Å²) in [6.45, 7) is 2.40. The first-order valence-electron chi connectivity index (χ1n) is 4.83. The van der Waals surface area contributed by atoms with Crippen LogP contribution in [0.15, 0.2) is 30.4 Å². The number of hydrogen-bond acceptors (Lipinski definition) is 3. The molecule has 0 unspecified atom stereocenters. The molecule has 0 atom stereocenters. The van der Waals surface area contributed by atoms with E-state index < -0.39 is 0 Å². The Morgan fingerprint density at radius 3 is 2.80 bits per heavy atom. The molecular weight excluding hydrogens is 192 g/mol. The molecule has 0 spiro atoms. The first-order valence-corrected chi connectivity index (χ1v) is 4.83. The minimum atomic E-state index is -0.0326. The summed E-state index contributed by atoms with van der Waals surface area (Å²) in [4.78, 5) is 0. The van der Waals surface area contributed by atoms with E-state index in [1.54, 1.807) is 25.3 Å². The summed E-state index contributed by atoms with van der Waals surface area (Å²) in [7, 11) is 1.60. The zero-order valence-electron chi connectivity index (χ0n) is 9.06. The first kappa shape index (κ1) is 11.6. The van der Waals surface area contributed by atoms with Crippen LogP contribution in [-0.4, -0.2) is 18.8 Å². The lowest BCUT2D eigenvalue weighted by molar-refractivity contribution is 0.269. The van der Waals surface area contributed by atoms with Crippen LogP contribution in [0, 0.1) is 0 Å². The van der Waals surface area contributed by atoms with Crippen LogP contribution in [0.4, 0.5) is 0 Å². The summed E-state index contributed by atoms with van der Waals surface area (Å²) in [5.41, 5.74) is 0.764. The molecule has 3 nitrogen and oxygen atoms in total. The predicted molar refractivity (Wildman–Crippen MR) is 59.2 cm³/mol. The number of aliphatic hydroxyl groups is 1. The Kier molecular flexibility index (Phi) is 4.71. The van der Waals surface area contributed by atoms with Crippen LogP contribution in [-0.2, 0) is 6.61 Å². The monoisotopic (exact) mass is 208 g/mol. The van der Waals surface area contributed by atoms with E-state index >= 15 is 0 Å². The minimum absolute atomic E-state index is 0.0326. The van der Waals surface area contributed by atoms with Crippen molar-refractivity contribution in [1.29, 1.82) is 0 Å². The Labute approximate surface area is 90.0 Å². The average Bonchev–Trinajstić information content (AvgIpc) is 2.29. The third-order valence-corrected chi connectivity index (χ3v) is 2.02. The number of ether oxygens (including phenoxy) is 2. The van der Waals surface area contributed by atoms with Gasteiger partial charge in [0.2, 0.25) is 0 Å². The largest absolute Gasteiger partial charge is 0.497 e. The fraction of sp³-hybridized carbons (Fsp3) is 0.333. The van der Waals surface area contributed by atoms with Gasteiger partial charge >= 0.3 is 0 Å². The van der Waals surface area contributed by atoms with Gasteiger partial charge < -0.3 is 14.6 Å². The zero-order valence-corrected chi connectivity index (χ0v) is 9.06. The number of benzene rings is 1. The predicted octanol–water partition coefficient (Wildman–Crippen LogP) is 2.14. The standard InChI is InChI=1S/C12H16O3/c1-3-4-7-15-12-8-11(14-2)6-5-10(12)9-13/h3-6,8,13H,7,9H2,1-2H3/b4-3+. The minimum Gasteiger partial charge on any atom is -0.497 e. The molecule has 0 bridgehead atoms. The molecule has 0 amide bonds. The zero-order chi connectivity index (χ0) is 11.1. The molecule has 1 rings (SSSR count). The highest BCUT2D eigenvalue weighted by atomic mass is 16.5. The van der Waals surface area contributed by atoms with E-state index in [1.165, 1.54) is 0 Å². The van der Waals surface area contributed by atoms with E-state index in [2.05, 4.69) is 0 Å². The molecule has 1 aromatic carbocycles. The highest BCUT2D eigenvalue weighted by Gasteiger charge is 2.03. The maximum atomic E-state index is 9.10. The molecule has 0 radical (unpaired) electrons. The summed E-state index contributed by atoms with van der Waals surface area (Å²) < 4.78 is 10.6. The van der Waals surface area contributed by atoms with Crippen LogP contribution in [0.2, 0.25) is 0 Å². The van der Waals surface area contributed by atoms with E-state index in [4.69, 9.17) is 14.6 Å². The van der Waals surface area contributed by atoms with Gasteiger partial charge in [0.05, 0.1) is 13.7 Å². The van der Waals surface area contributed by atoms with Crippen LogP contribution >= 0.6 is 0 Å². The molecule has 0 saturated carbocycles. The third-order valence-electron chi connectivity index (χ3n) is 2.02. The van der Waals surface area contributed by atoms with Gasteiger partial charge in [-0.25, -0.2) is 0 Å². The maximum Gasteiger partial charge on any atom is 0.128 e. The van der Waals surface area contributed by atoms with Gasteiger partial charge in [0.25, 0.3) is 0 Å². The van der Waals surface area contributed by atoms with Gasteiger partial charge in [-0.1, -0.05) is 12.2 Å². The second-order valence-electron chi connectivity index (χ2n) is 3.01. The van der Waals surface area contributed by atoms with E-state index in [0.29, 0.717) is 12.4 Å². The van der Waals surface area contributed by atoms with Gasteiger partial charge in [0.15, 0.2) is 0 Å². The van der Waals surface area contributed by atoms with Crippen molar-refractivity contribution in [2.45, 2.75) is 13.5 Å². The fourth-order valence-corrected chi connectivity index (χ4v) is 1.16. The first-order chi connectivity index (χ1) is 7.31. The third kappa shape index (κ3) is 3.29. The van der Waals surface area contributed by atoms with Crippen LogP contribution < -0.4 is 9.47 Å². The molecule has 0 aliphatic carbocycles. The van der Waals surface area contributed by atoms with Crippen LogP contribution in [0.25, 0.3) is 0 Å². The van der Waals surface area contributed by atoms with E-state index in [9.17, 15) is 0 Å². The van der Waals surface area contributed by atoms with Crippen molar-refractivity contribution in [3.05, 3.63) is 35.9 Å². The number of allylic oxidation sites excluding steroid dienone is 1. The van der Waals surface area contributed by atoms with Crippen LogP contribution in [0.5, 0.6) is 11.5 Å². The van der Waals surface area contributed by atoms with Crippen molar-refractivity contribution in [1.82, 2.24) is 0 Å². The Bertz CT molecular complexity index is 332. The Balaban J connectivity index is 2.81. The molecule has 82 valence electrons. The highest BCUT2D eigenvalue weighted by Crippen LogP contribution is 2.24. The van der Waals surface area contributed by atoms with E-state index in [1.807, 2.05) is 19.1 Å². The van der Waals surface area contributed by atoms with Crippen LogP contribution in [0.3, 0.4) is 0 Å². The lowest BCUT2D eigenvalue weighted by atomic mass is 10.2. The van der Waals surface area contributed by atoms with Gasteiger partial charge in [0, 0.05) is 11.6 Å². The second-order valence-corrected chi connectivity index (χ2v) is 3.01. The van der Waals surface area contributed by atoms with Crippen LogP contribution in [0.1, 0.15) is 12.5 Å². The average molecular weight is 208 g/mol. The van der Waals surface area contributed by atoms with Crippen molar-refractivity contribution in [2.75, 3.05) is 13.7 Å². The lowest BCUT2D eigenvalue weighted by Gasteiger charge is -2.10. The molecule has 0 aliphatic rings. The highest BCUT2D eigenvalue weighted by molar-refractivity contribution is 5.40. The summed E-state index contributed by atoms with van der Waals surface area (Å²) in [5, 5.41) is 9.10. The molecule has 1 N–H and O–H groups in total. The van der Waals surface area contributed by atoms with Crippen molar-refractivity contribution < 1.29 is 14.6 Å². The van der Waals surface area contributed by atoms with Crippen molar-refractivity contribution >= 4 is 0 Å². The van der Waals surface area contributed by atoms with E-state index in [0.717, 1.165) is 11.3 Å². The van der Waals surface area contributed by atoms with Gasteiger partial charge in [0.1, 0.15) is 18.1 Å². The molecule has 0 aliphatic heterocycles. The number of aliphatic hydroxyl groups excluding tert-OH is 1. The molecule has 1 aromatic rings. The van der Waals surface area contributed by atoms with Gasteiger partial charge in [-0.15, -0.1) is 0 Å². The molecule has 0 aromatic heterocycles. The molecule has 0 fully saturated rings. The quantitative estimate of drug-likeness (QED) is 0.753. The van der Waals surface area contributed by atoms with E-state index in [-0.39, 0.29) is 6.61 Å². The molecule has 3 heteroatoms. The molecule has 15 heavy (non-hydrogen) atoms. The van der Waals surface area contributed by atoms with Crippen molar-refractivity contribution in [3.8, 4) is 11.5 Å². The van der Waals surface area contributed by atoms with Gasteiger partial charge in [-0.2, -0.15) is 0 Å². The second kappa shape index (κ2) is 6.09. The normalized spacial score (nSPS) is 10.6. The summed E-state index contributed by atoms with van der Waals surface area (Å²) >= 11 is 0. The summed E-state index contributed by atoms with van der Waals surface area (Å²) in [5.74, 6) is 1.39. The van der Waals surface area contributed by atoms with Crippen molar-refractivity contribution in [3.63, 3.8) is 0 Å². The molecular formula is C12H16O3. The Morgan fingerprint density at radius 2 is 2.20 bits per heavy atom. The molecule has 0 heterocycles. The smallest absolute Gasteiger partial charge is 0.128 e. The Hall–Kier alpha value is -1.48. The topological polar surface area (TPSA) is 38.7 Å².